The van der Waals surface area contributed by atoms with Gasteiger partial charge in [-0.1, -0.05) is 12.1 Å². The Balaban J connectivity index is 2.41. The molecule has 0 bridgehead atoms. The molecule has 0 saturated carbocycles. The Labute approximate surface area is 98.2 Å². The number of aliphatic carboxylic acids is 1. The zero-order valence-corrected chi connectivity index (χ0v) is 9.44. The van der Waals surface area contributed by atoms with Crippen molar-refractivity contribution in [1.82, 2.24) is 0 Å². The van der Waals surface area contributed by atoms with Gasteiger partial charge in [0.1, 0.15) is 11.9 Å². The normalized spacial score (nSPS) is 19.5. The molecule has 0 aliphatic carbocycles. The molecule has 4 nitrogen and oxygen atoms in total. The molecular formula is C12H14FNO3. The van der Waals surface area contributed by atoms with Crippen LogP contribution in [0, 0.1) is 12.7 Å². The van der Waals surface area contributed by atoms with Crippen LogP contribution in [0.4, 0.5) is 4.39 Å². The summed E-state index contributed by atoms with van der Waals surface area (Å²) in [6.07, 6.45) is 0. The number of carbonyl (C=O) groups is 1. The third-order valence-corrected chi connectivity index (χ3v) is 3.31. The smallest absolute Gasteiger partial charge is 0.321 e. The largest absolute Gasteiger partial charge is 0.480 e. The summed E-state index contributed by atoms with van der Waals surface area (Å²) in [5, 5.41) is 9.01. The molecule has 1 aromatic rings. The number of nitrogens with two attached hydrogens (primary N) is 1. The predicted octanol–water partition coefficient (Wildman–Crippen LogP) is 0.814. The maximum atomic E-state index is 13.2. The Morgan fingerprint density at radius 3 is 2.65 bits per heavy atom. The van der Waals surface area contributed by atoms with Gasteiger partial charge >= 0.3 is 5.97 Å². The van der Waals surface area contributed by atoms with Crippen molar-refractivity contribution in [3.63, 3.8) is 0 Å². The minimum atomic E-state index is -1.07. The SMILES string of the molecule is Cc1cc(C2(C(N)C(=O)O)COC2)ccc1F. The first kappa shape index (κ1) is 12.0. The van der Waals surface area contributed by atoms with Crippen LogP contribution in [0.3, 0.4) is 0 Å². The second-order valence-electron chi connectivity index (χ2n) is 4.43. The van der Waals surface area contributed by atoms with Crippen molar-refractivity contribution >= 4 is 5.97 Å². The van der Waals surface area contributed by atoms with E-state index in [9.17, 15) is 9.18 Å². The average Bonchev–Trinajstić information content (AvgIpc) is 2.21. The summed E-state index contributed by atoms with van der Waals surface area (Å²) >= 11 is 0. The summed E-state index contributed by atoms with van der Waals surface area (Å²) in [5.41, 5.74) is 6.17. The van der Waals surface area contributed by atoms with Crippen molar-refractivity contribution < 1.29 is 19.0 Å². The number of hydrogen-bond donors (Lipinski definition) is 2. The molecule has 1 aliphatic rings. The van der Waals surface area contributed by atoms with E-state index in [2.05, 4.69) is 0 Å². The average molecular weight is 239 g/mol. The maximum Gasteiger partial charge on any atom is 0.321 e. The van der Waals surface area contributed by atoms with Gasteiger partial charge in [0, 0.05) is 0 Å². The minimum absolute atomic E-state index is 0.255. The Morgan fingerprint density at radius 2 is 2.24 bits per heavy atom. The highest BCUT2D eigenvalue weighted by molar-refractivity contribution is 5.76. The number of carboxylic acid groups (broad SMARTS) is 1. The number of carboxylic acids is 1. The Kier molecular flexibility index (Phi) is 2.89. The highest BCUT2D eigenvalue weighted by atomic mass is 19.1. The van der Waals surface area contributed by atoms with Crippen LogP contribution in [0.15, 0.2) is 18.2 Å². The number of hydrogen-bond acceptors (Lipinski definition) is 3. The van der Waals surface area contributed by atoms with E-state index in [0.29, 0.717) is 5.56 Å². The summed E-state index contributed by atoms with van der Waals surface area (Å²) in [6, 6.07) is 3.51. The molecule has 0 radical (unpaired) electrons. The van der Waals surface area contributed by atoms with E-state index in [0.717, 1.165) is 5.56 Å². The summed E-state index contributed by atoms with van der Waals surface area (Å²) in [7, 11) is 0. The van der Waals surface area contributed by atoms with Crippen molar-refractivity contribution in [2.24, 2.45) is 5.73 Å². The third kappa shape index (κ3) is 1.81. The molecule has 3 N–H and O–H groups in total. The molecule has 17 heavy (non-hydrogen) atoms. The van der Waals surface area contributed by atoms with Gasteiger partial charge in [-0.15, -0.1) is 0 Å². The molecule has 1 saturated heterocycles. The Hall–Kier alpha value is -1.46. The lowest BCUT2D eigenvalue weighted by Crippen LogP contribution is -2.61. The first-order valence-corrected chi connectivity index (χ1v) is 5.30. The first-order chi connectivity index (χ1) is 7.97. The zero-order chi connectivity index (χ0) is 12.6. The van der Waals surface area contributed by atoms with Gasteiger partial charge in [0.15, 0.2) is 0 Å². The number of ether oxygens (including phenoxy) is 1. The fourth-order valence-corrected chi connectivity index (χ4v) is 2.04. The van der Waals surface area contributed by atoms with Crippen molar-refractivity contribution in [3.8, 4) is 0 Å². The molecule has 1 fully saturated rings. The third-order valence-electron chi connectivity index (χ3n) is 3.31. The molecule has 2 rings (SSSR count). The van der Waals surface area contributed by atoms with Crippen LogP contribution in [0.1, 0.15) is 11.1 Å². The van der Waals surface area contributed by atoms with Crippen molar-refractivity contribution in [2.75, 3.05) is 13.2 Å². The van der Waals surface area contributed by atoms with Crippen LogP contribution in [-0.4, -0.2) is 30.3 Å². The molecule has 92 valence electrons. The van der Waals surface area contributed by atoms with Crippen molar-refractivity contribution in [2.45, 2.75) is 18.4 Å². The summed E-state index contributed by atoms with van der Waals surface area (Å²) in [6.45, 7) is 2.15. The van der Waals surface area contributed by atoms with Gasteiger partial charge in [0.2, 0.25) is 0 Å². The van der Waals surface area contributed by atoms with Crippen LogP contribution in [-0.2, 0) is 14.9 Å². The van der Waals surface area contributed by atoms with E-state index in [1.807, 2.05) is 0 Å². The summed E-state index contributed by atoms with van der Waals surface area (Å²) < 4.78 is 18.3. The minimum Gasteiger partial charge on any atom is -0.480 e. The van der Waals surface area contributed by atoms with E-state index < -0.39 is 17.4 Å². The van der Waals surface area contributed by atoms with Crippen LogP contribution in [0.25, 0.3) is 0 Å². The predicted molar refractivity (Wildman–Crippen MR) is 59.2 cm³/mol. The number of halogens is 1. The van der Waals surface area contributed by atoms with E-state index in [4.69, 9.17) is 15.6 Å². The Morgan fingerprint density at radius 1 is 1.59 bits per heavy atom. The number of benzene rings is 1. The second-order valence-corrected chi connectivity index (χ2v) is 4.43. The molecule has 1 heterocycles. The van der Waals surface area contributed by atoms with Gasteiger partial charge in [-0.3, -0.25) is 4.79 Å². The molecule has 1 aromatic carbocycles. The molecule has 1 unspecified atom stereocenters. The standard InChI is InChI=1S/C12H14FNO3/c1-7-4-8(2-3-9(7)13)12(5-17-6-12)10(14)11(15)16/h2-4,10H,5-6,14H2,1H3,(H,15,16). The molecule has 1 aliphatic heterocycles. The molecule has 0 amide bonds. The van der Waals surface area contributed by atoms with Crippen molar-refractivity contribution in [3.05, 3.63) is 35.1 Å². The number of aryl methyl sites for hydroxylation is 1. The van der Waals surface area contributed by atoms with E-state index >= 15 is 0 Å². The van der Waals surface area contributed by atoms with Crippen LogP contribution in [0.2, 0.25) is 0 Å². The van der Waals surface area contributed by atoms with Gasteiger partial charge in [0.25, 0.3) is 0 Å². The van der Waals surface area contributed by atoms with Crippen molar-refractivity contribution in [1.29, 1.82) is 0 Å². The molecule has 0 aromatic heterocycles. The molecule has 1 atom stereocenters. The zero-order valence-electron chi connectivity index (χ0n) is 9.44. The Bertz CT molecular complexity index is 457. The topological polar surface area (TPSA) is 72.6 Å². The highest BCUT2D eigenvalue weighted by Crippen LogP contribution is 2.35. The van der Waals surface area contributed by atoms with Gasteiger partial charge in [0.05, 0.1) is 18.6 Å². The quantitative estimate of drug-likeness (QED) is 0.818. The highest BCUT2D eigenvalue weighted by Gasteiger charge is 2.49. The van der Waals surface area contributed by atoms with E-state index in [1.54, 1.807) is 19.1 Å². The molecular weight excluding hydrogens is 225 g/mol. The van der Waals surface area contributed by atoms with Gasteiger partial charge in [-0.2, -0.15) is 0 Å². The van der Waals surface area contributed by atoms with Gasteiger partial charge in [-0.25, -0.2) is 4.39 Å². The van der Waals surface area contributed by atoms with Crippen LogP contribution in [0.5, 0.6) is 0 Å². The van der Waals surface area contributed by atoms with Gasteiger partial charge < -0.3 is 15.6 Å². The lowest BCUT2D eigenvalue weighted by molar-refractivity contribution is -0.148. The van der Waals surface area contributed by atoms with Gasteiger partial charge in [-0.05, 0) is 24.1 Å². The summed E-state index contributed by atoms with van der Waals surface area (Å²) in [5.74, 6) is -1.39. The fraction of sp³-hybridized carbons (Fsp3) is 0.417. The maximum absolute atomic E-state index is 13.2. The fourth-order valence-electron chi connectivity index (χ4n) is 2.04. The first-order valence-electron chi connectivity index (χ1n) is 5.30. The van der Waals surface area contributed by atoms with E-state index in [1.165, 1.54) is 6.07 Å². The lowest BCUT2D eigenvalue weighted by Gasteiger charge is -2.44. The monoisotopic (exact) mass is 239 g/mol. The lowest BCUT2D eigenvalue weighted by atomic mass is 9.72. The molecule has 5 heteroatoms. The molecule has 0 spiro atoms. The van der Waals surface area contributed by atoms with Crippen LogP contribution < -0.4 is 5.73 Å². The number of rotatable bonds is 3. The van der Waals surface area contributed by atoms with Crippen LogP contribution >= 0.6 is 0 Å². The van der Waals surface area contributed by atoms with E-state index in [-0.39, 0.29) is 19.0 Å². The summed E-state index contributed by atoms with van der Waals surface area (Å²) in [4.78, 5) is 11.0. The second kappa shape index (κ2) is 4.09.